The highest BCUT2D eigenvalue weighted by Gasteiger charge is 2.03. The first-order valence-electron chi connectivity index (χ1n) is 5.70. The molecule has 0 aliphatic rings. The van der Waals surface area contributed by atoms with Gasteiger partial charge in [0.05, 0.1) is 5.52 Å². The third-order valence-corrected chi connectivity index (χ3v) is 3.02. The molecule has 0 N–H and O–H groups in total. The maximum atomic E-state index is 5.96. The second-order valence-electron chi connectivity index (χ2n) is 4.56. The molecule has 0 amide bonds. The Morgan fingerprint density at radius 3 is 2.81 bits per heavy atom. The smallest absolute Gasteiger partial charge is 0.0719 e. The Kier molecular flexibility index (Phi) is 3.45. The molecular weight excluding hydrogens is 218 g/mol. The molecule has 0 saturated heterocycles. The van der Waals surface area contributed by atoms with Crippen LogP contribution in [0, 0.1) is 5.92 Å². The highest BCUT2D eigenvalue weighted by Crippen LogP contribution is 2.22. The van der Waals surface area contributed by atoms with Gasteiger partial charge in [-0.3, -0.25) is 4.98 Å². The van der Waals surface area contributed by atoms with Crippen molar-refractivity contribution in [3.8, 4) is 0 Å². The summed E-state index contributed by atoms with van der Waals surface area (Å²) < 4.78 is 0. The van der Waals surface area contributed by atoms with Gasteiger partial charge in [0, 0.05) is 16.6 Å². The fourth-order valence-electron chi connectivity index (χ4n) is 1.84. The summed E-state index contributed by atoms with van der Waals surface area (Å²) in [5.74, 6) is 0.732. The molecule has 0 saturated carbocycles. The Morgan fingerprint density at radius 2 is 2.06 bits per heavy atom. The number of aromatic nitrogens is 1. The van der Waals surface area contributed by atoms with Gasteiger partial charge in [0.15, 0.2) is 0 Å². The van der Waals surface area contributed by atoms with Gasteiger partial charge < -0.3 is 0 Å². The van der Waals surface area contributed by atoms with Crippen molar-refractivity contribution in [2.75, 3.05) is 0 Å². The average molecular weight is 234 g/mol. The zero-order valence-electron chi connectivity index (χ0n) is 9.70. The molecule has 0 fully saturated rings. The SMILES string of the molecule is CC(C)CCc1ccnc2cc(Cl)ccc12. The summed E-state index contributed by atoms with van der Waals surface area (Å²) in [4.78, 5) is 4.35. The van der Waals surface area contributed by atoms with E-state index in [0.29, 0.717) is 0 Å². The predicted molar refractivity (Wildman–Crippen MR) is 69.9 cm³/mol. The molecule has 0 atom stereocenters. The third-order valence-electron chi connectivity index (χ3n) is 2.79. The highest BCUT2D eigenvalue weighted by atomic mass is 35.5. The Labute approximate surface area is 101 Å². The largest absolute Gasteiger partial charge is 0.256 e. The van der Waals surface area contributed by atoms with E-state index in [9.17, 15) is 0 Å². The average Bonchev–Trinajstić information content (AvgIpc) is 2.25. The van der Waals surface area contributed by atoms with E-state index in [1.165, 1.54) is 17.4 Å². The van der Waals surface area contributed by atoms with Crippen LogP contribution in [0.4, 0.5) is 0 Å². The normalized spacial score (nSPS) is 11.2. The second-order valence-corrected chi connectivity index (χ2v) is 5.00. The Balaban J connectivity index is 2.38. The number of halogens is 1. The van der Waals surface area contributed by atoms with Crippen LogP contribution in [0.5, 0.6) is 0 Å². The summed E-state index contributed by atoms with van der Waals surface area (Å²) in [6, 6.07) is 8.04. The van der Waals surface area contributed by atoms with Gasteiger partial charge in [0.2, 0.25) is 0 Å². The molecule has 1 nitrogen and oxygen atoms in total. The summed E-state index contributed by atoms with van der Waals surface area (Å²) in [6.45, 7) is 4.50. The molecule has 16 heavy (non-hydrogen) atoms. The van der Waals surface area contributed by atoms with Crippen LogP contribution in [0.25, 0.3) is 10.9 Å². The van der Waals surface area contributed by atoms with E-state index in [1.807, 2.05) is 18.3 Å². The lowest BCUT2D eigenvalue weighted by atomic mass is 10.00. The molecule has 0 bridgehead atoms. The Morgan fingerprint density at radius 1 is 1.25 bits per heavy atom. The number of pyridine rings is 1. The lowest BCUT2D eigenvalue weighted by Gasteiger charge is -2.08. The summed E-state index contributed by atoms with van der Waals surface area (Å²) >= 11 is 5.96. The van der Waals surface area contributed by atoms with E-state index in [4.69, 9.17) is 11.6 Å². The minimum Gasteiger partial charge on any atom is -0.256 e. The first kappa shape index (κ1) is 11.4. The Bertz CT molecular complexity index is 491. The van der Waals surface area contributed by atoms with Crippen LogP contribution >= 0.6 is 11.6 Å². The van der Waals surface area contributed by atoms with Crippen LogP contribution in [0.15, 0.2) is 30.5 Å². The van der Waals surface area contributed by atoms with E-state index < -0.39 is 0 Å². The lowest BCUT2D eigenvalue weighted by molar-refractivity contribution is 0.588. The lowest BCUT2D eigenvalue weighted by Crippen LogP contribution is -1.94. The number of rotatable bonds is 3. The van der Waals surface area contributed by atoms with E-state index in [2.05, 4.69) is 31.0 Å². The van der Waals surface area contributed by atoms with Crippen LogP contribution < -0.4 is 0 Å². The van der Waals surface area contributed by atoms with Crippen LogP contribution in [0.1, 0.15) is 25.8 Å². The maximum Gasteiger partial charge on any atom is 0.0719 e. The van der Waals surface area contributed by atoms with Crippen LogP contribution in [0.3, 0.4) is 0 Å². The molecule has 0 spiro atoms. The van der Waals surface area contributed by atoms with E-state index in [1.54, 1.807) is 0 Å². The standard InChI is InChI=1S/C14H16ClN/c1-10(2)3-4-11-7-8-16-14-9-12(15)5-6-13(11)14/h5-10H,3-4H2,1-2H3. The van der Waals surface area contributed by atoms with Gasteiger partial charge in [0.25, 0.3) is 0 Å². The van der Waals surface area contributed by atoms with Crippen molar-refractivity contribution in [3.63, 3.8) is 0 Å². The molecule has 1 aromatic carbocycles. The number of benzene rings is 1. The van der Waals surface area contributed by atoms with Crippen molar-refractivity contribution in [3.05, 3.63) is 41.0 Å². The zero-order valence-corrected chi connectivity index (χ0v) is 10.5. The van der Waals surface area contributed by atoms with Crippen LogP contribution in [-0.4, -0.2) is 4.98 Å². The Hall–Kier alpha value is -1.08. The van der Waals surface area contributed by atoms with Crippen molar-refractivity contribution >= 4 is 22.5 Å². The molecule has 0 aliphatic heterocycles. The summed E-state index contributed by atoms with van der Waals surface area (Å²) in [5.41, 5.74) is 2.36. The van der Waals surface area contributed by atoms with Crippen molar-refractivity contribution in [1.82, 2.24) is 4.98 Å². The van der Waals surface area contributed by atoms with Gasteiger partial charge in [-0.25, -0.2) is 0 Å². The number of aryl methyl sites for hydroxylation is 1. The molecule has 1 aromatic heterocycles. The number of nitrogens with zero attached hydrogens (tertiary/aromatic N) is 1. The molecule has 1 heterocycles. The van der Waals surface area contributed by atoms with Crippen molar-refractivity contribution in [2.45, 2.75) is 26.7 Å². The summed E-state index contributed by atoms with van der Waals surface area (Å²) in [6.07, 6.45) is 4.19. The van der Waals surface area contributed by atoms with Gasteiger partial charge in [-0.1, -0.05) is 31.5 Å². The zero-order chi connectivity index (χ0) is 11.5. The molecule has 0 radical (unpaired) electrons. The molecule has 2 heteroatoms. The maximum absolute atomic E-state index is 5.96. The first-order valence-corrected chi connectivity index (χ1v) is 6.08. The molecule has 2 rings (SSSR count). The third kappa shape index (κ3) is 2.53. The molecular formula is C14H16ClN. The second kappa shape index (κ2) is 4.84. The highest BCUT2D eigenvalue weighted by molar-refractivity contribution is 6.31. The topological polar surface area (TPSA) is 12.9 Å². The van der Waals surface area contributed by atoms with Crippen molar-refractivity contribution in [2.24, 2.45) is 5.92 Å². The van der Waals surface area contributed by atoms with Gasteiger partial charge in [-0.05, 0) is 42.5 Å². The number of hydrogen-bond donors (Lipinski definition) is 0. The monoisotopic (exact) mass is 233 g/mol. The van der Waals surface area contributed by atoms with E-state index in [0.717, 1.165) is 22.9 Å². The minimum atomic E-state index is 0.732. The summed E-state index contributed by atoms with van der Waals surface area (Å²) in [7, 11) is 0. The van der Waals surface area contributed by atoms with Gasteiger partial charge in [-0.2, -0.15) is 0 Å². The quantitative estimate of drug-likeness (QED) is 0.762. The van der Waals surface area contributed by atoms with Crippen molar-refractivity contribution < 1.29 is 0 Å². The summed E-state index contributed by atoms with van der Waals surface area (Å²) in [5, 5.41) is 1.98. The molecule has 0 aliphatic carbocycles. The van der Waals surface area contributed by atoms with Gasteiger partial charge in [0.1, 0.15) is 0 Å². The van der Waals surface area contributed by atoms with Gasteiger partial charge >= 0.3 is 0 Å². The predicted octanol–water partition coefficient (Wildman–Crippen LogP) is 4.48. The van der Waals surface area contributed by atoms with E-state index in [-0.39, 0.29) is 0 Å². The van der Waals surface area contributed by atoms with Crippen LogP contribution in [-0.2, 0) is 6.42 Å². The minimum absolute atomic E-state index is 0.732. The van der Waals surface area contributed by atoms with E-state index >= 15 is 0 Å². The molecule has 2 aromatic rings. The van der Waals surface area contributed by atoms with Gasteiger partial charge in [-0.15, -0.1) is 0 Å². The molecule has 84 valence electrons. The number of hydrogen-bond acceptors (Lipinski definition) is 1. The fraction of sp³-hybridized carbons (Fsp3) is 0.357. The molecule has 0 unspecified atom stereocenters. The first-order chi connectivity index (χ1) is 7.66. The van der Waals surface area contributed by atoms with Crippen LogP contribution in [0.2, 0.25) is 5.02 Å². The number of fused-ring (bicyclic) bond motifs is 1. The van der Waals surface area contributed by atoms with Crippen molar-refractivity contribution in [1.29, 1.82) is 0 Å². The fourth-order valence-corrected chi connectivity index (χ4v) is 2.01.